The molecule has 0 bridgehead atoms. The van der Waals surface area contributed by atoms with Gasteiger partial charge in [-0.15, -0.1) is 0 Å². The molecule has 0 radical (unpaired) electrons. The highest BCUT2D eigenvalue weighted by Gasteiger charge is 2.50. The van der Waals surface area contributed by atoms with Crippen LogP contribution in [-0.2, 0) is 6.42 Å². The lowest BCUT2D eigenvalue weighted by molar-refractivity contribution is 0.0598. The van der Waals surface area contributed by atoms with Crippen LogP contribution in [-0.4, -0.2) is 7.11 Å². The monoisotopic (exact) mass is 270 g/mol. The maximum atomic E-state index is 5.40. The van der Waals surface area contributed by atoms with E-state index in [4.69, 9.17) is 4.74 Å². The van der Waals surface area contributed by atoms with Crippen molar-refractivity contribution in [3.8, 4) is 5.75 Å². The molecule has 0 heterocycles. The van der Waals surface area contributed by atoms with Gasteiger partial charge in [-0.2, -0.15) is 0 Å². The third-order valence-electron chi connectivity index (χ3n) is 6.71. The lowest BCUT2D eigenvalue weighted by Crippen LogP contribution is -2.39. The molecule has 1 aromatic rings. The summed E-state index contributed by atoms with van der Waals surface area (Å²) in [7, 11) is 1.78. The Labute approximate surface area is 122 Å². The van der Waals surface area contributed by atoms with Crippen molar-refractivity contribution in [1.82, 2.24) is 0 Å². The van der Waals surface area contributed by atoms with Gasteiger partial charge in [-0.05, 0) is 85.0 Å². The third-order valence-corrected chi connectivity index (χ3v) is 6.71. The summed E-state index contributed by atoms with van der Waals surface area (Å²) >= 11 is 0. The smallest absolute Gasteiger partial charge is 0.119 e. The number of hydrogen-bond donors (Lipinski definition) is 0. The minimum atomic E-state index is 0.672. The highest BCUT2D eigenvalue weighted by molar-refractivity contribution is 5.40. The third kappa shape index (κ3) is 1.75. The molecule has 2 saturated carbocycles. The molecule has 3 aliphatic rings. The molecule has 1 heteroatoms. The van der Waals surface area contributed by atoms with Crippen molar-refractivity contribution in [2.75, 3.05) is 7.11 Å². The van der Waals surface area contributed by atoms with Gasteiger partial charge >= 0.3 is 0 Å². The average molecular weight is 270 g/mol. The van der Waals surface area contributed by atoms with Crippen molar-refractivity contribution in [3.63, 3.8) is 0 Å². The average Bonchev–Trinajstić information content (AvgIpc) is 2.88. The van der Waals surface area contributed by atoms with Gasteiger partial charge in [0.25, 0.3) is 0 Å². The summed E-state index contributed by atoms with van der Waals surface area (Å²) < 4.78 is 5.40. The maximum absolute atomic E-state index is 5.40. The van der Waals surface area contributed by atoms with Gasteiger partial charge in [0.15, 0.2) is 0 Å². The van der Waals surface area contributed by atoms with Gasteiger partial charge in [0.2, 0.25) is 0 Å². The van der Waals surface area contributed by atoms with Crippen LogP contribution in [0.1, 0.15) is 62.5 Å². The predicted octanol–water partition coefficient (Wildman–Crippen LogP) is 4.94. The molecule has 1 aromatic carbocycles. The second-order valence-corrected chi connectivity index (χ2v) is 7.57. The molecule has 0 spiro atoms. The molecular formula is C19H26O. The van der Waals surface area contributed by atoms with E-state index in [0.29, 0.717) is 5.41 Å². The first-order valence-corrected chi connectivity index (χ1v) is 8.38. The van der Waals surface area contributed by atoms with Crippen molar-refractivity contribution in [2.45, 2.75) is 57.8 Å². The van der Waals surface area contributed by atoms with Gasteiger partial charge in [-0.25, -0.2) is 0 Å². The molecule has 0 saturated heterocycles. The molecule has 0 aromatic heterocycles. The quantitative estimate of drug-likeness (QED) is 0.702. The van der Waals surface area contributed by atoms with Crippen molar-refractivity contribution in [3.05, 3.63) is 29.3 Å². The lowest BCUT2D eigenvalue weighted by Gasteiger charge is -2.49. The summed E-state index contributed by atoms with van der Waals surface area (Å²) in [5.74, 6) is 3.82. The standard InChI is InChI=1S/C19H26O/c1-19-10-3-4-18(19)17-7-5-13-12-14(20-2)6-8-15(13)16(17)9-11-19/h6,8,12,16-18H,3-5,7,9-11H2,1-2H3/t16-,17-,18+,19-/m1/s1. The Morgan fingerprint density at radius 1 is 1.15 bits per heavy atom. The molecule has 0 unspecified atom stereocenters. The number of rotatable bonds is 1. The number of methoxy groups -OCH3 is 1. The zero-order valence-electron chi connectivity index (χ0n) is 12.8. The van der Waals surface area contributed by atoms with Crippen LogP contribution in [0.25, 0.3) is 0 Å². The molecule has 0 aliphatic heterocycles. The minimum absolute atomic E-state index is 0.672. The Bertz CT molecular complexity index is 520. The van der Waals surface area contributed by atoms with Gasteiger partial charge in [0.1, 0.15) is 5.75 Å². The Kier molecular flexibility index (Phi) is 2.87. The molecule has 2 fully saturated rings. The molecular weight excluding hydrogens is 244 g/mol. The molecule has 0 N–H and O–H groups in total. The van der Waals surface area contributed by atoms with E-state index in [-0.39, 0.29) is 0 Å². The maximum Gasteiger partial charge on any atom is 0.119 e. The summed E-state index contributed by atoms with van der Waals surface area (Å²) in [5.41, 5.74) is 3.88. The minimum Gasteiger partial charge on any atom is -0.497 e. The van der Waals surface area contributed by atoms with Crippen molar-refractivity contribution < 1.29 is 4.74 Å². The van der Waals surface area contributed by atoms with Crippen LogP contribution >= 0.6 is 0 Å². The fourth-order valence-corrected chi connectivity index (χ4v) is 5.68. The predicted molar refractivity (Wildman–Crippen MR) is 82.2 cm³/mol. The molecule has 108 valence electrons. The molecule has 3 aliphatic carbocycles. The van der Waals surface area contributed by atoms with Gasteiger partial charge in [0, 0.05) is 0 Å². The molecule has 1 nitrogen and oxygen atoms in total. The first-order valence-electron chi connectivity index (χ1n) is 8.38. The first-order chi connectivity index (χ1) is 9.71. The summed E-state index contributed by atoms with van der Waals surface area (Å²) in [6, 6.07) is 6.82. The zero-order valence-corrected chi connectivity index (χ0v) is 12.8. The van der Waals surface area contributed by atoms with E-state index in [2.05, 4.69) is 25.1 Å². The van der Waals surface area contributed by atoms with Crippen LogP contribution < -0.4 is 4.74 Å². The largest absolute Gasteiger partial charge is 0.497 e. The Morgan fingerprint density at radius 2 is 2.05 bits per heavy atom. The molecule has 0 amide bonds. The fraction of sp³-hybridized carbons (Fsp3) is 0.684. The molecule has 4 rings (SSSR count). The molecule has 4 atom stereocenters. The van der Waals surface area contributed by atoms with Gasteiger partial charge < -0.3 is 4.74 Å². The Morgan fingerprint density at radius 3 is 2.90 bits per heavy atom. The van der Waals surface area contributed by atoms with E-state index in [0.717, 1.165) is 23.5 Å². The van der Waals surface area contributed by atoms with Crippen LogP contribution in [0, 0.1) is 17.3 Å². The van der Waals surface area contributed by atoms with Gasteiger partial charge in [0.05, 0.1) is 7.11 Å². The van der Waals surface area contributed by atoms with Crippen molar-refractivity contribution in [1.29, 1.82) is 0 Å². The second-order valence-electron chi connectivity index (χ2n) is 7.57. The van der Waals surface area contributed by atoms with E-state index in [1.807, 2.05) is 0 Å². The first kappa shape index (κ1) is 12.7. The zero-order chi connectivity index (χ0) is 13.7. The summed E-state index contributed by atoms with van der Waals surface area (Å²) in [6.45, 7) is 2.57. The lowest BCUT2D eigenvalue weighted by atomic mass is 9.56. The van der Waals surface area contributed by atoms with E-state index < -0.39 is 0 Å². The van der Waals surface area contributed by atoms with Crippen molar-refractivity contribution >= 4 is 0 Å². The van der Waals surface area contributed by atoms with Crippen molar-refractivity contribution in [2.24, 2.45) is 17.3 Å². The second kappa shape index (κ2) is 4.51. The number of aryl methyl sites for hydroxylation is 1. The van der Waals surface area contributed by atoms with Gasteiger partial charge in [-0.1, -0.05) is 19.4 Å². The summed E-state index contributed by atoms with van der Waals surface area (Å²) in [5, 5.41) is 0. The van der Waals surface area contributed by atoms with Crippen LogP contribution in [0.3, 0.4) is 0 Å². The van der Waals surface area contributed by atoms with Crippen LogP contribution in [0.5, 0.6) is 5.75 Å². The Hall–Kier alpha value is -0.980. The summed E-state index contributed by atoms with van der Waals surface area (Å²) in [4.78, 5) is 0. The summed E-state index contributed by atoms with van der Waals surface area (Å²) in [6.07, 6.45) is 9.98. The highest BCUT2D eigenvalue weighted by Crippen LogP contribution is 2.60. The van der Waals surface area contributed by atoms with Crippen LogP contribution in [0.2, 0.25) is 0 Å². The van der Waals surface area contributed by atoms with E-state index in [9.17, 15) is 0 Å². The number of benzene rings is 1. The van der Waals surface area contributed by atoms with E-state index >= 15 is 0 Å². The fourth-order valence-electron chi connectivity index (χ4n) is 5.68. The highest BCUT2D eigenvalue weighted by atomic mass is 16.5. The van der Waals surface area contributed by atoms with Crippen LogP contribution in [0.4, 0.5) is 0 Å². The number of ether oxygens (including phenoxy) is 1. The van der Waals surface area contributed by atoms with E-state index in [1.54, 1.807) is 18.2 Å². The normalized spacial score (nSPS) is 38.8. The number of fused-ring (bicyclic) bond motifs is 5. The molecule has 20 heavy (non-hydrogen) atoms. The van der Waals surface area contributed by atoms with Gasteiger partial charge in [-0.3, -0.25) is 0 Å². The topological polar surface area (TPSA) is 9.23 Å². The number of hydrogen-bond acceptors (Lipinski definition) is 1. The van der Waals surface area contributed by atoms with E-state index in [1.165, 1.54) is 44.9 Å². The Balaban J connectivity index is 1.69. The SMILES string of the molecule is COc1ccc2c(c1)CC[C@@H]1[C@@H]2CC[C@@]2(C)CCC[C@@H]12. The van der Waals surface area contributed by atoms with Crippen LogP contribution in [0.15, 0.2) is 18.2 Å².